The van der Waals surface area contributed by atoms with Gasteiger partial charge in [0.15, 0.2) is 0 Å². The standard InChI is InChI=1S/C21H42O4/c1-5-9-11-17(7-3)13-23-16-20-21(19(22)15-24-20)25-14-18(8-4)12-10-6-2/h17-22H,5-16H2,1-4H3/t17?,18?,19-,20-,21+/m0/s1. The van der Waals surface area contributed by atoms with Gasteiger partial charge in [-0.3, -0.25) is 0 Å². The van der Waals surface area contributed by atoms with E-state index in [2.05, 4.69) is 27.7 Å². The minimum Gasteiger partial charge on any atom is -0.388 e. The SMILES string of the molecule is CCCCC(CC)COC[C@@H]1OC[C@H](O)[C@H]1OCC(CC)CCCC. The number of aliphatic hydroxyl groups is 1. The lowest BCUT2D eigenvalue weighted by molar-refractivity contribution is -0.0782. The Morgan fingerprint density at radius 1 is 0.960 bits per heavy atom. The molecule has 0 aromatic carbocycles. The van der Waals surface area contributed by atoms with E-state index in [1.807, 2.05) is 0 Å². The summed E-state index contributed by atoms with van der Waals surface area (Å²) in [5.74, 6) is 1.21. The van der Waals surface area contributed by atoms with Gasteiger partial charge in [0.25, 0.3) is 0 Å². The summed E-state index contributed by atoms with van der Waals surface area (Å²) in [7, 11) is 0. The Morgan fingerprint density at radius 2 is 1.56 bits per heavy atom. The molecular weight excluding hydrogens is 316 g/mol. The first kappa shape index (κ1) is 22.9. The molecule has 1 saturated heterocycles. The van der Waals surface area contributed by atoms with E-state index in [1.165, 1.54) is 38.5 Å². The summed E-state index contributed by atoms with van der Waals surface area (Å²) in [5.41, 5.74) is 0. The first-order valence-electron chi connectivity index (χ1n) is 10.6. The lowest BCUT2D eigenvalue weighted by Crippen LogP contribution is -2.37. The molecule has 1 N–H and O–H groups in total. The van der Waals surface area contributed by atoms with Gasteiger partial charge >= 0.3 is 0 Å². The Bertz CT molecular complexity index is 310. The molecule has 1 aliphatic heterocycles. The first-order valence-corrected chi connectivity index (χ1v) is 10.6. The highest BCUT2D eigenvalue weighted by Crippen LogP contribution is 2.22. The summed E-state index contributed by atoms with van der Waals surface area (Å²) in [4.78, 5) is 0. The molecule has 0 aromatic heterocycles. The fourth-order valence-electron chi connectivity index (χ4n) is 3.42. The van der Waals surface area contributed by atoms with Crippen LogP contribution in [0.15, 0.2) is 0 Å². The van der Waals surface area contributed by atoms with E-state index in [4.69, 9.17) is 14.2 Å². The van der Waals surface area contributed by atoms with Gasteiger partial charge in [0, 0.05) is 6.61 Å². The average molecular weight is 359 g/mol. The zero-order valence-corrected chi connectivity index (χ0v) is 17.0. The molecule has 150 valence electrons. The third kappa shape index (κ3) is 8.85. The zero-order chi connectivity index (χ0) is 18.5. The van der Waals surface area contributed by atoms with Crippen molar-refractivity contribution >= 4 is 0 Å². The van der Waals surface area contributed by atoms with Gasteiger partial charge in [-0.25, -0.2) is 0 Å². The van der Waals surface area contributed by atoms with Crippen molar-refractivity contribution in [3.8, 4) is 0 Å². The lowest BCUT2D eigenvalue weighted by Gasteiger charge is -2.24. The van der Waals surface area contributed by atoms with Gasteiger partial charge in [0.2, 0.25) is 0 Å². The van der Waals surface area contributed by atoms with Gasteiger partial charge in [-0.1, -0.05) is 66.2 Å². The highest BCUT2D eigenvalue weighted by Gasteiger charge is 2.37. The Balaban J connectivity index is 2.34. The van der Waals surface area contributed by atoms with Crippen LogP contribution in [0, 0.1) is 11.8 Å². The minimum atomic E-state index is -0.528. The van der Waals surface area contributed by atoms with Crippen molar-refractivity contribution in [1.82, 2.24) is 0 Å². The molecule has 0 spiro atoms. The number of rotatable bonds is 15. The molecule has 2 unspecified atom stereocenters. The maximum Gasteiger partial charge on any atom is 0.114 e. The van der Waals surface area contributed by atoms with Crippen molar-refractivity contribution in [2.75, 3.05) is 26.4 Å². The molecule has 5 atom stereocenters. The van der Waals surface area contributed by atoms with Gasteiger partial charge in [0.1, 0.15) is 18.3 Å². The van der Waals surface area contributed by atoms with Crippen LogP contribution in [0.25, 0.3) is 0 Å². The average Bonchev–Trinajstić information content (AvgIpc) is 2.98. The lowest BCUT2D eigenvalue weighted by atomic mass is 10.00. The topological polar surface area (TPSA) is 47.9 Å². The smallest absolute Gasteiger partial charge is 0.114 e. The normalized spacial score (nSPS) is 26.0. The van der Waals surface area contributed by atoms with Crippen LogP contribution >= 0.6 is 0 Å². The van der Waals surface area contributed by atoms with Crippen LogP contribution in [0.5, 0.6) is 0 Å². The number of ether oxygens (including phenoxy) is 3. The van der Waals surface area contributed by atoms with Crippen LogP contribution in [0.4, 0.5) is 0 Å². The van der Waals surface area contributed by atoms with Crippen molar-refractivity contribution in [2.45, 2.75) is 97.4 Å². The second-order valence-corrected chi connectivity index (χ2v) is 7.61. The summed E-state index contributed by atoms with van der Waals surface area (Å²) >= 11 is 0. The Kier molecular flexibility index (Phi) is 12.8. The number of hydrogen-bond acceptors (Lipinski definition) is 4. The van der Waals surface area contributed by atoms with E-state index in [0.717, 1.165) is 19.4 Å². The van der Waals surface area contributed by atoms with Crippen molar-refractivity contribution in [3.63, 3.8) is 0 Å². The largest absolute Gasteiger partial charge is 0.388 e. The van der Waals surface area contributed by atoms with E-state index in [0.29, 0.717) is 31.7 Å². The van der Waals surface area contributed by atoms with Crippen LogP contribution < -0.4 is 0 Å². The second-order valence-electron chi connectivity index (χ2n) is 7.61. The maximum absolute atomic E-state index is 10.2. The molecule has 0 aromatic rings. The minimum absolute atomic E-state index is 0.137. The summed E-state index contributed by atoms with van der Waals surface area (Å²) in [6, 6.07) is 0. The van der Waals surface area contributed by atoms with Crippen LogP contribution in [0.2, 0.25) is 0 Å². The van der Waals surface area contributed by atoms with Gasteiger partial charge in [-0.15, -0.1) is 0 Å². The number of hydrogen-bond donors (Lipinski definition) is 1. The van der Waals surface area contributed by atoms with Crippen LogP contribution in [0.1, 0.15) is 79.1 Å². The Morgan fingerprint density at radius 3 is 2.12 bits per heavy atom. The second kappa shape index (κ2) is 14.0. The monoisotopic (exact) mass is 358 g/mol. The van der Waals surface area contributed by atoms with Crippen molar-refractivity contribution in [3.05, 3.63) is 0 Å². The molecule has 0 amide bonds. The molecule has 4 heteroatoms. The molecule has 4 nitrogen and oxygen atoms in total. The van der Waals surface area contributed by atoms with Crippen LogP contribution in [-0.2, 0) is 14.2 Å². The number of unbranched alkanes of at least 4 members (excludes halogenated alkanes) is 2. The van der Waals surface area contributed by atoms with Crippen molar-refractivity contribution < 1.29 is 19.3 Å². The summed E-state index contributed by atoms with van der Waals surface area (Å²) in [6.45, 7) is 11.3. The quantitative estimate of drug-likeness (QED) is 0.465. The Hall–Kier alpha value is -0.160. The molecule has 0 saturated carbocycles. The van der Waals surface area contributed by atoms with Crippen molar-refractivity contribution in [2.24, 2.45) is 11.8 Å². The molecule has 0 radical (unpaired) electrons. The highest BCUT2D eigenvalue weighted by atomic mass is 16.6. The zero-order valence-electron chi connectivity index (χ0n) is 17.0. The molecule has 1 fully saturated rings. The fourth-order valence-corrected chi connectivity index (χ4v) is 3.42. The maximum atomic E-state index is 10.2. The summed E-state index contributed by atoms with van der Waals surface area (Å²) in [5, 5.41) is 10.2. The third-order valence-electron chi connectivity index (χ3n) is 5.47. The van der Waals surface area contributed by atoms with Crippen LogP contribution in [-0.4, -0.2) is 49.8 Å². The predicted molar refractivity (Wildman–Crippen MR) is 103 cm³/mol. The third-order valence-corrected chi connectivity index (χ3v) is 5.47. The summed E-state index contributed by atoms with van der Waals surface area (Å²) < 4.78 is 17.7. The van der Waals surface area contributed by atoms with E-state index in [1.54, 1.807) is 0 Å². The van der Waals surface area contributed by atoms with Gasteiger partial charge in [-0.2, -0.15) is 0 Å². The molecule has 1 heterocycles. The molecular formula is C21H42O4. The van der Waals surface area contributed by atoms with Gasteiger partial charge < -0.3 is 19.3 Å². The first-order chi connectivity index (χ1) is 12.2. The van der Waals surface area contributed by atoms with E-state index < -0.39 is 6.10 Å². The number of aliphatic hydroxyl groups excluding tert-OH is 1. The molecule has 1 aliphatic rings. The fraction of sp³-hybridized carbons (Fsp3) is 1.00. The van der Waals surface area contributed by atoms with Crippen molar-refractivity contribution in [1.29, 1.82) is 0 Å². The van der Waals surface area contributed by atoms with Crippen LogP contribution in [0.3, 0.4) is 0 Å². The molecule has 1 rings (SSSR count). The molecule has 0 bridgehead atoms. The van der Waals surface area contributed by atoms with E-state index in [-0.39, 0.29) is 12.2 Å². The van der Waals surface area contributed by atoms with E-state index >= 15 is 0 Å². The summed E-state index contributed by atoms with van der Waals surface area (Å²) in [6.07, 6.45) is 8.78. The Labute approximate surface area is 155 Å². The predicted octanol–water partition coefficient (Wildman–Crippen LogP) is 4.58. The molecule has 0 aliphatic carbocycles. The van der Waals surface area contributed by atoms with Gasteiger partial charge in [-0.05, 0) is 24.7 Å². The molecule has 25 heavy (non-hydrogen) atoms. The van der Waals surface area contributed by atoms with E-state index in [9.17, 15) is 5.11 Å². The highest BCUT2D eigenvalue weighted by molar-refractivity contribution is 4.85. The van der Waals surface area contributed by atoms with Gasteiger partial charge in [0.05, 0.1) is 19.8 Å².